The Bertz CT molecular complexity index is 3470. The molecule has 0 radical (unpaired) electrons. The van der Waals surface area contributed by atoms with Crippen molar-refractivity contribution >= 4 is 49.4 Å². The van der Waals surface area contributed by atoms with E-state index in [0.717, 1.165) is 17.1 Å². The quantitative estimate of drug-likeness (QED) is 0.145. The minimum absolute atomic E-state index is 0.447. The molecule has 64 heavy (non-hydrogen) atoms. The zero-order valence-corrected chi connectivity index (χ0v) is 36.0. The van der Waals surface area contributed by atoms with Crippen LogP contribution in [-0.2, 0) is 5.41 Å². The van der Waals surface area contributed by atoms with Gasteiger partial charge in [0.25, 0.3) is 0 Å². The molecule has 0 heterocycles. The van der Waals surface area contributed by atoms with Crippen molar-refractivity contribution in [3.63, 3.8) is 0 Å². The number of rotatable bonds is 7. The summed E-state index contributed by atoms with van der Waals surface area (Å²) in [5.41, 5.74) is 18.1. The van der Waals surface area contributed by atoms with Crippen LogP contribution in [0.2, 0.25) is 0 Å². The molecule has 0 atom stereocenters. The maximum Gasteiger partial charge on any atom is 0.0713 e. The third-order valence-electron chi connectivity index (χ3n) is 13.6. The minimum atomic E-state index is -0.447. The van der Waals surface area contributed by atoms with Crippen molar-refractivity contribution < 1.29 is 0 Å². The predicted molar refractivity (Wildman–Crippen MR) is 271 cm³/mol. The second-order valence-electron chi connectivity index (χ2n) is 17.4. The van der Waals surface area contributed by atoms with Gasteiger partial charge < -0.3 is 4.90 Å². The van der Waals surface area contributed by atoms with Gasteiger partial charge in [0.2, 0.25) is 0 Å². The minimum Gasteiger partial charge on any atom is -0.310 e. The Morgan fingerprint density at radius 2 is 0.750 bits per heavy atom. The second-order valence-corrected chi connectivity index (χ2v) is 17.4. The molecule has 12 rings (SSSR count). The van der Waals surface area contributed by atoms with E-state index in [2.05, 4.69) is 255 Å². The lowest BCUT2D eigenvalue weighted by molar-refractivity contribution is 0.768. The topological polar surface area (TPSA) is 3.24 Å². The summed E-state index contributed by atoms with van der Waals surface area (Å²) in [6.07, 6.45) is 0. The summed E-state index contributed by atoms with van der Waals surface area (Å²) in [5, 5.41) is 7.45. The zero-order chi connectivity index (χ0) is 42.8. The molecule has 11 aromatic carbocycles. The molecule has 0 aliphatic heterocycles. The molecule has 0 saturated carbocycles. The van der Waals surface area contributed by atoms with Gasteiger partial charge in [-0.2, -0.15) is 0 Å². The highest BCUT2D eigenvalue weighted by Gasteiger charge is 2.45. The van der Waals surface area contributed by atoms with Crippen molar-refractivity contribution in [2.75, 3.05) is 4.90 Å². The van der Waals surface area contributed by atoms with Gasteiger partial charge in [0.05, 0.1) is 5.41 Å². The molecule has 0 N–H and O–H groups in total. The molecular formula is C63H45N. The highest BCUT2D eigenvalue weighted by atomic mass is 15.1. The Morgan fingerprint density at radius 3 is 1.27 bits per heavy atom. The van der Waals surface area contributed by atoms with E-state index in [9.17, 15) is 0 Å². The van der Waals surface area contributed by atoms with E-state index >= 15 is 0 Å². The van der Waals surface area contributed by atoms with Crippen LogP contribution in [0.15, 0.2) is 237 Å². The molecule has 0 amide bonds. The first-order valence-electron chi connectivity index (χ1n) is 22.3. The van der Waals surface area contributed by atoms with Gasteiger partial charge in [0.15, 0.2) is 0 Å². The lowest BCUT2D eigenvalue weighted by Crippen LogP contribution is -2.28. The van der Waals surface area contributed by atoms with E-state index in [-0.39, 0.29) is 0 Å². The number of hydrogen-bond donors (Lipinski definition) is 0. The van der Waals surface area contributed by atoms with Gasteiger partial charge in [-0.05, 0) is 161 Å². The first-order valence-corrected chi connectivity index (χ1v) is 22.3. The molecule has 0 fully saturated rings. The number of anilines is 3. The van der Waals surface area contributed by atoms with Gasteiger partial charge in [0, 0.05) is 17.1 Å². The summed E-state index contributed by atoms with van der Waals surface area (Å²) in [7, 11) is 0. The molecule has 11 aromatic rings. The fourth-order valence-electron chi connectivity index (χ4n) is 10.8. The van der Waals surface area contributed by atoms with Crippen LogP contribution in [0.25, 0.3) is 65.7 Å². The number of aryl methyl sites for hydroxylation is 2. The van der Waals surface area contributed by atoms with E-state index < -0.39 is 5.41 Å². The Hall–Kier alpha value is -8.00. The van der Waals surface area contributed by atoms with Crippen LogP contribution in [0.5, 0.6) is 0 Å². The normalized spacial score (nSPS) is 12.7. The first-order chi connectivity index (χ1) is 31.6. The Morgan fingerprint density at radius 1 is 0.312 bits per heavy atom. The molecule has 0 bridgehead atoms. The van der Waals surface area contributed by atoms with Crippen LogP contribution in [0.4, 0.5) is 17.1 Å². The summed E-state index contributed by atoms with van der Waals surface area (Å²) in [4.78, 5) is 2.37. The smallest absolute Gasteiger partial charge is 0.0713 e. The molecule has 1 nitrogen and oxygen atoms in total. The predicted octanol–water partition coefficient (Wildman–Crippen LogP) is 16.9. The van der Waals surface area contributed by atoms with Crippen LogP contribution >= 0.6 is 0 Å². The highest BCUT2D eigenvalue weighted by molar-refractivity contribution is 6.23. The monoisotopic (exact) mass is 815 g/mol. The fraction of sp³-hybridized carbons (Fsp3) is 0.0476. The van der Waals surface area contributed by atoms with E-state index in [1.807, 2.05) is 0 Å². The third-order valence-corrected chi connectivity index (χ3v) is 13.6. The van der Waals surface area contributed by atoms with Gasteiger partial charge >= 0.3 is 0 Å². The Labute approximate surface area is 375 Å². The summed E-state index contributed by atoms with van der Waals surface area (Å²) in [6, 6.07) is 88.0. The molecule has 302 valence electrons. The second kappa shape index (κ2) is 15.1. The van der Waals surface area contributed by atoms with Crippen molar-refractivity contribution in [2.24, 2.45) is 0 Å². The lowest BCUT2D eigenvalue weighted by atomic mass is 9.67. The van der Waals surface area contributed by atoms with Crippen LogP contribution in [0.1, 0.15) is 33.4 Å². The number of hydrogen-bond acceptors (Lipinski definition) is 1. The van der Waals surface area contributed by atoms with Gasteiger partial charge in [-0.1, -0.05) is 188 Å². The summed E-state index contributed by atoms with van der Waals surface area (Å²) in [5.74, 6) is 0. The maximum absolute atomic E-state index is 2.42. The molecule has 0 unspecified atom stereocenters. The van der Waals surface area contributed by atoms with Crippen molar-refractivity contribution in [3.05, 3.63) is 270 Å². The molecule has 0 spiro atoms. The number of fused-ring (bicyclic) bond motifs is 6. The fourth-order valence-corrected chi connectivity index (χ4v) is 10.8. The van der Waals surface area contributed by atoms with Crippen molar-refractivity contribution in [2.45, 2.75) is 19.3 Å². The van der Waals surface area contributed by atoms with Crippen LogP contribution in [0.3, 0.4) is 0 Å². The van der Waals surface area contributed by atoms with Crippen molar-refractivity contribution in [3.8, 4) is 33.4 Å². The van der Waals surface area contributed by atoms with Gasteiger partial charge in [-0.25, -0.2) is 0 Å². The standard InChI is InChI=1S/C63H45N/c1-42-16-14-22-51(38-42)64(52-23-15-17-43(2)39-52)50-36-32-45(33-37-50)62-56-27-9-8-26-55(56)61(57-40-46-18-6-7-19-47(46)41-58(57)62)44-30-34-49(35-31-44)63(48-20-4-3-5-21-48)59-28-12-10-24-53(59)54-25-11-13-29-60(54)63/h3-41H,1-2H3. The molecule has 1 heteroatoms. The number of benzene rings is 11. The van der Waals surface area contributed by atoms with E-state index in [1.165, 1.54) is 99.1 Å². The van der Waals surface area contributed by atoms with Crippen LogP contribution in [0, 0.1) is 13.8 Å². The molecule has 1 aliphatic carbocycles. The van der Waals surface area contributed by atoms with Crippen molar-refractivity contribution in [1.29, 1.82) is 0 Å². The average molecular weight is 816 g/mol. The summed E-state index contributed by atoms with van der Waals surface area (Å²) in [6.45, 7) is 4.32. The van der Waals surface area contributed by atoms with Crippen LogP contribution < -0.4 is 4.90 Å². The maximum atomic E-state index is 2.42. The van der Waals surface area contributed by atoms with E-state index in [0.29, 0.717) is 0 Å². The molecule has 0 saturated heterocycles. The summed E-state index contributed by atoms with van der Waals surface area (Å²) < 4.78 is 0. The van der Waals surface area contributed by atoms with Crippen molar-refractivity contribution in [1.82, 2.24) is 0 Å². The Kier molecular flexibility index (Phi) is 8.91. The van der Waals surface area contributed by atoms with Crippen LogP contribution in [-0.4, -0.2) is 0 Å². The SMILES string of the molecule is Cc1cccc(N(c2ccc(-c3c4ccccc4c(-c4ccc(C5(c6ccccc6)c6ccccc6-c6ccccc65)cc4)c4cc5ccccc5cc34)cc2)c2cccc(C)c2)c1. The third kappa shape index (κ3) is 5.93. The molecular weight excluding hydrogens is 771 g/mol. The van der Waals surface area contributed by atoms with Gasteiger partial charge in [-0.15, -0.1) is 0 Å². The summed E-state index contributed by atoms with van der Waals surface area (Å²) >= 11 is 0. The Balaban J connectivity index is 1.06. The largest absolute Gasteiger partial charge is 0.310 e. The zero-order valence-electron chi connectivity index (χ0n) is 36.0. The lowest BCUT2D eigenvalue weighted by Gasteiger charge is -2.34. The van der Waals surface area contributed by atoms with E-state index in [1.54, 1.807) is 0 Å². The van der Waals surface area contributed by atoms with Gasteiger partial charge in [0.1, 0.15) is 0 Å². The molecule has 0 aromatic heterocycles. The van der Waals surface area contributed by atoms with Gasteiger partial charge in [-0.3, -0.25) is 0 Å². The van der Waals surface area contributed by atoms with E-state index in [4.69, 9.17) is 0 Å². The highest BCUT2D eigenvalue weighted by Crippen LogP contribution is 2.56. The molecule has 1 aliphatic rings. The average Bonchev–Trinajstić information content (AvgIpc) is 3.64. The number of nitrogens with zero attached hydrogens (tertiary/aromatic N) is 1. The first kappa shape index (κ1) is 37.7.